The number of thiophene rings is 1. The van der Waals surface area contributed by atoms with E-state index in [0.717, 1.165) is 42.9 Å². The van der Waals surface area contributed by atoms with Crippen LogP contribution in [0.25, 0.3) is 11.3 Å². The highest BCUT2D eigenvalue weighted by atomic mass is 32.2. The van der Waals surface area contributed by atoms with Crippen LogP contribution in [-0.2, 0) is 26.8 Å². The molecule has 2 aliphatic rings. The number of rotatable bonds is 3. The lowest BCUT2D eigenvalue weighted by Crippen LogP contribution is -2.44. The Balaban J connectivity index is 0.000000344. The van der Waals surface area contributed by atoms with Crippen molar-refractivity contribution < 1.29 is 31.5 Å². The zero-order valence-electron chi connectivity index (χ0n) is 17.8. The number of alkyl halides is 3. The predicted octanol–water partition coefficient (Wildman–Crippen LogP) is 3.77. The average Bonchev–Trinajstić information content (AvgIpc) is 3.54. The highest BCUT2D eigenvalue weighted by Gasteiger charge is 2.46. The third-order valence-corrected chi connectivity index (χ3v) is 9.40. The smallest absolute Gasteiger partial charge is 0.475 e. The van der Waals surface area contributed by atoms with Gasteiger partial charge in [-0.05, 0) is 42.8 Å². The van der Waals surface area contributed by atoms with Crippen molar-refractivity contribution in [3.05, 3.63) is 54.1 Å². The number of carboxylic acid groups (broad SMARTS) is 1. The average molecular weight is 515 g/mol. The van der Waals surface area contributed by atoms with Gasteiger partial charge >= 0.3 is 12.1 Å². The number of nitrogens with zero attached hydrogens (tertiary/aromatic N) is 4. The summed E-state index contributed by atoms with van der Waals surface area (Å²) in [4.78, 5) is 17.8. The molecule has 0 radical (unpaired) electrons. The third kappa shape index (κ3) is 4.59. The Morgan fingerprint density at radius 3 is 2.26 bits per heavy atom. The summed E-state index contributed by atoms with van der Waals surface area (Å²) in [5.41, 5.74) is 2.24. The molecule has 34 heavy (non-hydrogen) atoms. The first-order valence-corrected chi connectivity index (χ1v) is 12.7. The van der Waals surface area contributed by atoms with E-state index in [1.54, 1.807) is 28.8 Å². The molecule has 8 nitrogen and oxygen atoms in total. The topological polar surface area (TPSA) is 105 Å². The zero-order chi connectivity index (χ0) is 24.6. The van der Waals surface area contributed by atoms with E-state index < -0.39 is 22.2 Å². The van der Waals surface area contributed by atoms with Crippen LogP contribution in [0, 0.1) is 0 Å². The summed E-state index contributed by atoms with van der Waals surface area (Å²) in [6.07, 6.45) is 3.14. The molecule has 13 heteroatoms. The fourth-order valence-electron chi connectivity index (χ4n) is 4.38. The van der Waals surface area contributed by atoms with Gasteiger partial charge in [0.05, 0.1) is 11.9 Å². The monoisotopic (exact) mass is 514 g/mol. The van der Waals surface area contributed by atoms with E-state index in [9.17, 15) is 21.6 Å². The second kappa shape index (κ2) is 9.12. The number of fused-ring (bicyclic) bond motifs is 2. The number of imidazole rings is 1. The maximum absolute atomic E-state index is 12.8. The van der Waals surface area contributed by atoms with Gasteiger partial charge in [0, 0.05) is 43.0 Å². The minimum absolute atomic E-state index is 0.00719. The molecule has 0 amide bonds. The highest BCUT2D eigenvalue weighted by Crippen LogP contribution is 2.45. The molecule has 0 saturated carbocycles. The summed E-state index contributed by atoms with van der Waals surface area (Å²) in [5, 5.41) is 8.94. The number of piperidine rings is 1. The Labute approximate surface area is 197 Å². The molecule has 0 atom stereocenters. The molecule has 5 rings (SSSR count). The number of carboxylic acids is 1. The van der Waals surface area contributed by atoms with Crippen molar-refractivity contribution in [2.24, 2.45) is 0 Å². The number of hydrogen-bond acceptors (Lipinski definition) is 6. The van der Waals surface area contributed by atoms with Gasteiger partial charge in [-0.3, -0.25) is 4.98 Å². The zero-order valence-corrected chi connectivity index (χ0v) is 19.4. The maximum Gasteiger partial charge on any atom is 0.490 e. The summed E-state index contributed by atoms with van der Waals surface area (Å²) < 4.78 is 61.7. The van der Waals surface area contributed by atoms with E-state index in [1.807, 2.05) is 23.7 Å². The molecule has 1 N–H and O–H groups in total. The standard InChI is InChI=1S/C19H20N4O2S2.C2HF3O2/c24-27(25,17-2-1-13-26-17)22-10-5-19(6-11-22)7-12-23-16(14-21-18(19)23)15-3-8-20-9-4-15;3-2(4,5)1(6)7/h1-4,8-9,13-14H,5-7,10-12H2;(H,6,7). The number of halogens is 3. The van der Waals surface area contributed by atoms with E-state index >= 15 is 0 Å². The van der Waals surface area contributed by atoms with Crippen molar-refractivity contribution in [2.75, 3.05) is 13.1 Å². The van der Waals surface area contributed by atoms with Crippen molar-refractivity contribution in [3.8, 4) is 11.3 Å². The van der Waals surface area contributed by atoms with E-state index in [4.69, 9.17) is 14.9 Å². The SMILES string of the molecule is O=C(O)C(F)(F)F.O=S(=O)(c1cccs1)N1CCC2(CC1)CCn1c(-c3ccncc3)cnc12. The van der Waals surface area contributed by atoms with Crippen LogP contribution in [0.3, 0.4) is 0 Å². The molecule has 0 unspecified atom stereocenters. The number of pyridine rings is 1. The summed E-state index contributed by atoms with van der Waals surface area (Å²) in [6, 6.07) is 7.49. The highest BCUT2D eigenvalue weighted by molar-refractivity contribution is 7.91. The number of aromatic nitrogens is 3. The van der Waals surface area contributed by atoms with E-state index in [-0.39, 0.29) is 5.41 Å². The van der Waals surface area contributed by atoms with Crippen LogP contribution in [0.15, 0.2) is 52.4 Å². The minimum Gasteiger partial charge on any atom is -0.475 e. The van der Waals surface area contributed by atoms with Crippen LogP contribution in [0.5, 0.6) is 0 Å². The van der Waals surface area contributed by atoms with E-state index in [1.165, 1.54) is 11.3 Å². The number of carbonyl (C=O) groups is 1. The lowest BCUT2D eigenvalue weighted by molar-refractivity contribution is -0.192. The molecule has 3 aromatic heterocycles. The normalized spacial score (nSPS) is 17.7. The predicted molar refractivity (Wildman–Crippen MR) is 118 cm³/mol. The fraction of sp³-hybridized carbons (Fsp3) is 0.381. The van der Waals surface area contributed by atoms with Gasteiger partial charge in [0.1, 0.15) is 10.0 Å². The second-order valence-electron chi connectivity index (χ2n) is 8.02. The lowest BCUT2D eigenvalue weighted by Gasteiger charge is -2.37. The minimum atomic E-state index is -5.08. The van der Waals surface area contributed by atoms with Gasteiger partial charge in [-0.2, -0.15) is 17.5 Å². The Bertz CT molecular complexity index is 1250. The number of hydrogen-bond donors (Lipinski definition) is 1. The first-order valence-electron chi connectivity index (χ1n) is 10.3. The quantitative estimate of drug-likeness (QED) is 0.571. The fourth-order valence-corrected chi connectivity index (χ4v) is 6.97. The van der Waals surface area contributed by atoms with Crippen molar-refractivity contribution in [2.45, 2.75) is 41.6 Å². The summed E-state index contributed by atoms with van der Waals surface area (Å²) >= 11 is 1.29. The molecule has 0 bridgehead atoms. The van der Waals surface area contributed by atoms with Crippen molar-refractivity contribution in [1.29, 1.82) is 0 Å². The van der Waals surface area contributed by atoms with Gasteiger partial charge in [0.2, 0.25) is 0 Å². The summed E-state index contributed by atoms with van der Waals surface area (Å²) in [7, 11) is -3.36. The molecule has 0 aromatic carbocycles. The van der Waals surface area contributed by atoms with Crippen LogP contribution in [-0.4, -0.2) is 57.6 Å². The van der Waals surface area contributed by atoms with Gasteiger partial charge < -0.3 is 9.67 Å². The Morgan fingerprint density at radius 1 is 1.09 bits per heavy atom. The summed E-state index contributed by atoms with van der Waals surface area (Å²) in [6.45, 7) is 2.04. The Kier molecular flexibility index (Phi) is 6.53. The van der Waals surface area contributed by atoms with Crippen LogP contribution >= 0.6 is 11.3 Å². The first kappa shape index (κ1) is 24.4. The maximum atomic E-state index is 12.8. The molecule has 1 fully saturated rings. The van der Waals surface area contributed by atoms with Gasteiger partial charge in [0.25, 0.3) is 10.0 Å². The van der Waals surface area contributed by atoms with Gasteiger partial charge in [-0.1, -0.05) is 6.07 Å². The molecular weight excluding hydrogens is 493 g/mol. The van der Waals surface area contributed by atoms with Crippen LogP contribution in [0.2, 0.25) is 0 Å². The van der Waals surface area contributed by atoms with Gasteiger partial charge in [-0.15, -0.1) is 11.3 Å². The molecule has 3 aromatic rings. The second-order valence-corrected chi connectivity index (χ2v) is 11.1. The number of aliphatic carboxylic acids is 1. The lowest BCUT2D eigenvalue weighted by atomic mass is 9.77. The molecule has 1 spiro atoms. The molecule has 182 valence electrons. The van der Waals surface area contributed by atoms with E-state index in [0.29, 0.717) is 17.3 Å². The van der Waals surface area contributed by atoms with Gasteiger partial charge in [-0.25, -0.2) is 18.2 Å². The third-order valence-electron chi connectivity index (χ3n) is 6.13. The largest absolute Gasteiger partial charge is 0.490 e. The van der Waals surface area contributed by atoms with Crippen molar-refractivity contribution in [3.63, 3.8) is 0 Å². The Hall–Kier alpha value is -2.77. The van der Waals surface area contributed by atoms with Crippen LogP contribution in [0.4, 0.5) is 13.2 Å². The first-order chi connectivity index (χ1) is 16.0. The van der Waals surface area contributed by atoms with Crippen LogP contribution < -0.4 is 0 Å². The molecule has 2 aliphatic heterocycles. The molecule has 1 saturated heterocycles. The van der Waals surface area contributed by atoms with Gasteiger partial charge in [0.15, 0.2) is 0 Å². The van der Waals surface area contributed by atoms with E-state index in [2.05, 4.69) is 9.55 Å². The van der Waals surface area contributed by atoms with Crippen molar-refractivity contribution in [1.82, 2.24) is 18.8 Å². The number of sulfonamides is 1. The molecule has 0 aliphatic carbocycles. The van der Waals surface area contributed by atoms with Crippen LogP contribution in [0.1, 0.15) is 25.1 Å². The van der Waals surface area contributed by atoms with Crippen molar-refractivity contribution >= 4 is 27.3 Å². The molecular formula is C21H21F3N4O4S2. The summed E-state index contributed by atoms with van der Waals surface area (Å²) in [5.74, 6) is -1.64. The molecule has 5 heterocycles. The Morgan fingerprint density at radius 2 is 1.71 bits per heavy atom.